The molecule has 0 radical (unpaired) electrons. The molecule has 2 rings (SSSR count). The average molecular weight is 199 g/mol. The number of hydrogen-bond acceptors (Lipinski definition) is 3. The first-order chi connectivity index (χ1) is 7.29. The number of aryl methyl sites for hydroxylation is 1. The molecule has 0 amide bonds. The van der Waals surface area contributed by atoms with Crippen LogP contribution < -0.4 is 5.73 Å². The maximum atomic E-state index is 5.59. The molecule has 76 valence electrons. The Morgan fingerprint density at radius 1 is 1.13 bits per heavy atom. The largest absolute Gasteiger partial charge is 0.326 e. The van der Waals surface area contributed by atoms with Crippen molar-refractivity contribution in [2.45, 2.75) is 13.5 Å². The highest BCUT2D eigenvalue weighted by molar-refractivity contribution is 5.62. The Hall–Kier alpha value is -1.74. The van der Waals surface area contributed by atoms with E-state index in [-0.39, 0.29) is 0 Å². The van der Waals surface area contributed by atoms with Crippen molar-refractivity contribution in [2.75, 3.05) is 0 Å². The van der Waals surface area contributed by atoms with E-state index < -0.39 is 0 Å². The van der Waals surface area contributed by atoms with E-state index in [1.54, 1.807) is 0 Å². The lowest BCUT2D eigenvalue weighted by Crippen LogP contribution is -1.96. The van der Waals surface area contributed by atoms with E-state index in [0.717, 1.165) is 22.5 Å². The summed E-state index contributed by atoms with van der Waals surface area (Å²) in [4.78, 5) is 8.34. The van der Waals surface area contributed by atoms with Crippen LogP contribution >= 0.6 is 0 Å². The SMILES string of the molecule is Cc1ncc(-c2cccc(CN)c2)cn1. The standard InChI is InChI=1S/C12H13N3/c1-9-14-7-12(8-15-9)11-4-2-3-10(5-11)6-13/h2-5,7-8H,6,13H2,1H3. The molecule has 0 atom stereocenters. The molecule has 0 unspecified atom stereocenters. The predicted molar refractivity (Wildman–Crippen MR) is 60.1 cm³/mol. The third-order valence-electron chi connectivity index (χ3n) is 2.28. The maximum absolute atomic E-state index is 5.59. The summed E-state index contributed by atoms with van der Waals surface area (Å²) in [7, 11) is 0. The van der Waals surface area contributed by atoms with Crippen molar-refractivity contribution < 1.29 is 0 Å². The summed E-state index contributed by atoms with van der Waals surface area (Å²) in [6.45, 7) is 2.43. The monoisotopic (exact) mass is 199 g/mol. The molecule has 0 fully saturated rings. The van der Waals surface area contributed by atoms with Gasteiger partial charge in [0.05, 0.1) is 0 Å². The summed E-state index contributed by atoms with van der Waals surface area (Å²) in [5, 5.41) is 0. The van der Waals surface area contributed by atoms with Crippen molar-refractivity contribution >= 4 is 0 Å². The Balaban J connectivity index is 2.40. The number of benzene rings is 1. The van der Waals surface area contributed by atoms with Crippen molar-refractivity contribution in [3.05, 3.63) is 48.0 Å². The first-order valence-electron chi connectivity index (χ1n) is 4.87. The lowest BCUT2D eigenvalue weighted by atomic mass is 10.1. The van der Waals surface area contributed by atoms with E-state index in [2.05, 4.69) is 16.0 Å². The summed E-state index contributed by atoms with van der Waals surface area (Å²) >= 11 is 0. The summed E-state index contributed by atoms with van der Waals surface area (Å²) in [5.74, 6) is 0.786. The summed E-state index contributed by atoms with van der Waals surface area (Å²) in [6, 6.07) is 8.11. The van der Waals surface area contributed by atoms with Gasteiger partial charge in [0, 0.05) is 24.5 Å². The van der Waals surface area contributed by atoms with E-state index in [0.29, 0.717) is 6.54 Å². The predicted octanol–water partition coefficient (Wildman–Crippen LogP) is 1.91. The molecule has 15 heavy (non-hydrogen) atoms. The van der Waals surface area contributed by atoms with Crippen LogP contribution in [-0.2, 0) is 6.54 Å². The van der Waals surface area contributed by atoms with Crippen LogP contribution in [0.15, 0.2) is 36.7 Å². The van der Waals surface area contributed by atoms with Gasteiger partial charge in [-0.2, -0.15) is 0 Å². The van der Waals surface area contributed by atoms with E-state index >= 15 is 0 Å². The molecule has 0 bridgehead atoms. The van der Waals surface area contributed by atoms with Crippen LogP contribution in [0.3, 0.4) is 0 Å². The third kappa shape index (κ3) is 2.19. The van der Waals surface area contributed by atoms with Crippen LogP contribution in [-0.4, -0.2) is 9.97 Å². The number of hydrogen-bond donors (Lipinski definition) is 1. The Kier molecular flexibility index (Phi) is 2.74. The molecule has 0 aliphatic rings. The highest BCUT2D eigenvalue weighted by atomic mass is 14.8. The second-order valence-electron chi connectivity index (χ2n) is 3.42. The van der Waals surface area contributed by atoms with Crippen molar-refractivity contribution in [2.24, 2.45) is 5.73 Å². The zero-order valence-electron chi connectivity index (χ0n) is 8.64. The quantitative estimate of drug-likeness (QED) is 0.803. The second-order valence-corrected chi connectivity index (χ2v) is 3.42. The van der Waals surface area contributed by atoms with E-state index in [9.17, 15) is 0 Å². The van der Waals surface area contributed by atoms with Crippen LogP contribution in [0.4, 0.5) is 0 Å². The molecule has 3 heteroatoms. The molecule has 2 aromatic rings. The number of nitrogens with zero attached hydrogens (tertiary/aromatic N) is 2. The van der Waals surface area contributed by atoms with Gasteiger partial charge in [0.2, 0.25) is 0 Å². The molecule has 1 aromatic heterocycles. The number of nitrogens with two attached hydrogens (primary N) is 1. The number of aromatic nitrogens is 2. The highest BCUT2D eigenvalue weighted by Gasteiger charge is 1.99. The van der Waals surface area contributed by atoms with Crippen molar-refractivity contribution in [1.29, 1.82) is 0 Å². The molecule has 2 N–H and O–H groups in total. The first-order valence-corrected chi connectivity index (χ1v) is 4.87. The zero-order valence-corrected chi connectivity index (χ0v) is 8.64. The van der Waals surface area contributed by atoms with Gasteiger partial charge >= 0.3 is 0 Å². The van der Waals surface area contributed by atoms with Gasteiger partial charge in [0.1, 0.15) is 5.82 Å². The van der Waals surface area contributed by atoms with E-state index in [4.69, 9.17) is 5.73 Å². The topological polar surface area (TPSA) is 51.8 Å². The Morgan fingerprint density at radius 2 is 1.87 bits per heavy atom. The van der Waals surface area contributed by atoms with E-state index in [1.807, 2.05) is 37.5 Å². The Labute approximate surface area is 89.0 Å². The molecule has 0 saturated carbocycles. The first kappa shape index (κ1) is 9.80. The average Bonchev–Trinajstić information content (AvgIpc) is 2.30. The normalized spacial score (nSPS) is 10.3. The molecule has 1 heterocycles. The van der Waals surface area contributed by atoms with Crippen molar-refractivity contribution in [3.63, 3.8) is 0 Å². The lowest BCUT2D eigenvalue weighted by Gasteiger charge is -2.03. The highest BCUT2D eigenvalue weighted by Crippen LogP contribution is 2.18. The minimum Gasteiger partial charge on any atom is -0.326 e. The van der Waals surface area contributed by atoms with Crippen LogP contribution in [0, 0.1) is 6.92 Å². The molecule has 3 nitrogen and oxygen atoms in total. The van der Waals surface area contributed by atoms with Gasteiger partial charge in [-0.15, -0.1) is 0 Å². The molecule has 0 aliphatic heterocycles. The minimum atomic E-state index is 0.556. The molecular weight excluding hydrogens is 186 g/mol. The van der Waals surface area contributed by atoms with Crippen molar-refractivity contribution in [1.82, 2.24) is 9.97 Å². The van der Waals surface area contributed by atoms with Crippen LogP contribution in [0.2, 0.25) is 0 Å². The van der Waals surface area contributed by atoms with Gasteiger partial charge in [-0.1, -0.05) is 18.2 Å². The fourth-order valence-corrected chi connectivity index (χ4v) is 1.42. The Morgan fingerprint density at radius 3 is 2.53 bits per heavy atom. The number of rotatable bonds is 2. The smallest absolute Gasteiger partial charge is 0.125 e. The van der Waals surface area contributed by atoms with Gasteiger partial charge in [-0.25, -0.2) is 9.97 Å². The van der Waals surface area contributed by atoms with Gasteiger partial charge < -0.3 is 5.73 Å². The molecule has 1 aromatic carbocycles. The molecule has 0 aliphatic carbocycles. The third-order valence-corrected chi connectivity index (χ3v) is 2.28. The van der Waals surface area contributed by atoms with Crippen LogP contribution in [0.1, 0.15) is 11.4 Å². The zero-order chi connectivity index (χ0) is 10.7. The van der Waals surface area contributed by atoms with Crippen molar-refractivity contribution in [3.8, 4) is 11.1 Å². The fraction of sp³-hybridized carbons (Fsp3) is 0.167. The summed E-state index contributed by atoms with van der Waals surface area (Å²) < 4.78 is 0. The minimum absolute atomic E-state index is 0.556. The lowest BCUT2D eigenvalue weighted by molar-refractivity contribution is 1.05. The molecule has 0 spiro atoms. The maximum Gasteiger partial charge on any atom is 0.125 e. The van der Waals surface area contributed by atoms with Gasteiger partial charge in [0.15, 0.2) is 0 Å². The van der Waals surface area contributed by atoms with Crippen LogP contribution in [0.5, 0.6) is 0 Å². The fourth-order valence-electron chi connectivity index (χ4n) is 1.42. The van der Waals surface area contributed by atoms with Gasteiger partial charge in [-0.3, -0.25) is 0 Å². The Bertz CT molecular complexity index is 449. The van der Waals surface area contributed by atoms with Crippen LogP contribution in [0.25, 0.3) is 11.1 Å². The van der Waals surface area contributed by atoms with Gasteiger partial charge in [0.25, 0.3) is 0 Å². The van der Waals surface area contributed by atoms with Gasteiger partial charge in [-0.05, 0) is 24.1 Å². The van der Waals surface area contributed by atoms with E-state index in [1.165, 1.54) is 0 Å². The summed E-state index contributed by atoms with van der Waals surface area (Å²) in [5.41, 5.74) is 8.84. The molecular formula is C12H13N3. The molecule has 0 saturated heterocycles. The summed E-state index contributed by atoms with van der Waals surface area (Å²) in [6.07, 6.45) is 3.66. The second kappa shape index (κ2) is 4.19.